The molecule has 0 N–H and O–H groups in total. The Labute approximate surface area is 293 Å². The number of hydrogen-bond acceptors (Lipinski definition) is 0. The van der Waals surface area contributed by atoms with Crippen LogP contribution in [0.1, 0.15) is 0 Å². The van der Waals surface area contributed by atoms with Crippen LogP contribution in [0.3, 0.4) is 0 Å². The molecular formula is C5H11SiY8-2. The van der Waals surface area contributed by atoms with E-state index >= 15 is 0 Å². The molecule has 0 aliphatic heterocycles. The maximum absolute atomic E-state index is 3.76. The molecule has 0 spiro atoms. The zero-order valence-corrected chi connectivity index (χ0v) is 32.7. The zero-order chi connectivity index (χ0) is 4.99. The van der Waals surface area contributed by atoms with E-state index in [1.54, 1.807) is 0 Å². The molecule has 0 rings (SSSR count). The summed E-state index contributed by atoms with van der Waals surface area (Å²) in [6.45, 7) is 9.78. The summed E-state index contributed by atoms with van der Waals surface area (Å²) >= 11 is 0. The van der Waals surface area contributed by atoms with E-state index in [0.717, 1.165) is 12.1 Å². The van der Waals surface area contributed by atoms with Gasteiger partial charge in [0.1, 0.15) is 0 Å². The van der Waals surface area contributed by atoms with E-state index in [0.29, 0.717) is 0 Å². The second kappa shape index (κ2) is 49.5. The fraction of sp³-hybridized carbons (Fsp3) is 0.600. The Balaban J connectivity index is -0.00000000446. The molecule has 0 aromatic rings. The van der Waals surface area contributed by atoms with Gasteiger partial charge >= 0.3 is 0 Å². The summed E-state index contributed by atoms with van der Waals surface area (Å²) in [4.78, 5) is 0. The fourth-order valence-corrected chi connectivity index (χ4v) is 0.375. The molecule has 0 aliphatic carbocycles. The largest absolute Gasteiger partial charge is 0.346 e. The smallest absolute Gasteiger partial charge is 0 e. The van der Waals surface area contributed by atoms with E-state index in [1.807, 2.05) is 0 Å². The molecule has 0 saturated carbocycles. The number of rotatable bonds is 2. The van der Waals surface area contributed by atoms with Gasteiger partial charge in [0, 0.05) is 262 Å². The average molecular weight is 810 g/mol. The van der Waals surface area contributed by atoms with Crippen LogP contribution in [0.4, 0.5) is 0 Å². The van der Waals surface area contributed by atoms with Crippen molar-refractivity contribution < 1.29 is 262 Å². The van der Waals surface area contributed by atoms with Gasteiger partial charge in [0.05, 0.1) is 0 Å². The van der Waals surface area contributed by atoms with Crippen molar-refractivity contribution in [3.05, 3.63) is 13.8 Å². The second-order valence-electron chi connectivity index (χ2n) is 1.46. The third-order valence-electron chi connectivity index (χ3n) is 0.854. The molecular weight excluding hydrogens is 799 g/mol. The first kappa shape index (κ1) is 56.8. The van der Waals surface area contributed by atoms with Gasteiger partial charge in [0.15, 0.2) is 0 Å². The van der Waals surface area contributed by atoms with Crippen LogP contribution in [0.25, 0.3) is 0 Å². The Bertz CT molecular complexity index is 36.9. The Morgan fingerprint density at radius 2 is 0.786 bits per heavy atom. The van der Waals surface area contributed by atoms with E-state index in [1.165, 1.54) is 0 Å². The van der Waals surface area contributed by atoms with E-state index in [4.69, 9.17) is 0 Å². The Morgan fingerprint density at radius 3 is 0.786 bits per heavy atom. The van der Waals surface area contributed by atoms with Crippen LogP contribution in [-0.2, 0) is 262 Å². The van der Waals surface area contributed by atoms with Crippen molar-refractivity contribution in [2.75, 3.05) is 0 Å². The Kier molecular flexibility index (Phi) is 201. The monoisotopic (exact) mass is 810 g/mol. The Morgan fingerprint density at radius 1 is 0.643 bits per heavy atom. The minimum Gasteiger partial charge on any atom is -0.346 e. The van der Waals surface area contributed by atoms with E-state index in [-0.39, 0.29) is 270 Å². The summed E-state index contributed by atoms with van der Waals surface area (Å²) < 4.78 is 0. The predicted molar refractivity (Wildman–Crippen MR) is 31.9 cm³/mol. The molecule has 9 heteroatoms. The van der Waals surface area contributed by atoms with Crippen molar-refractivity contribution in [1.82, 2.24) is 0 Å². The molecule has 0 aromatic heterocycles. The molecule has 0 heterocycles. The number of hydrogen-bond donors (Lipinski definition) is 0. The van der Waals surface area contributed by atoms with Crippen LogP contribution in [0.2, 0.25) is 18.6 Å². The second-order valence-corrected chi connectivity index (χ2v) is 4.37. The summed E-state index contributed by atoms with van der Waals surface area (Å²) in [7, 11) is -0.0905. The minimum absolute atomic E-state index is 0. The summed E-state index contributed by atoms with van der Waals surface area (Å²) in [5.41, 5.74) is 0. The van der Waals surface area contributed by atoms with Crippen LogP contribution < -0.4 is 0 Å². The van der Waals surface area contributed by atoms with Crippen LogP contribution in [-0.4, -0.2) is 8.80 Å². The molecule has 0 aromatic carbocycles. The summed E-state index contributed by atoms with van der Waals surface area (Å²) in [5.74, 6) is 0. The van der Waals surface area contributed by atoms with Crippen molar-refractivity contribution in [3.8, 4) is 0 Å². The molecule has 0 bridgehead atoms. The molecule has 0 unspecified atom stereocenters. The molecule has 61 valence electrons. The van der Waals surface area contributed by atoms with Gasteiger partial charge in [0.25, 0.3) is 0 Å². The molecule has 0 amide bonds. The van der Waals surface area contributed by atoms with Gasteiger partial charge in [-0.1, -0.05) is 6.55 Å². The third-order valence-corrected chi connectivity index (χ3v) is 2.56. The molecule has 0 fully saturated rings. The van der Waals surface area contributed by atoms with Crippen molar-refractivity contribution in [2.45, 2.75) is 18.6 Å². The third kappa shape index (κ3) is 49.7. The van der Waals surface area contributed by atoms with Crippen LogP contribution in [0.15, 0.2) is 0 Å². The summed E-state index contributed by atoms with van der Waals surface area (Å²) in [6.07, 6.45) is 0. The van der Waals surface area contributed by atoms with Gasteiger partial charge in [-0.25, -0.2) is 0 Å². The normalized spacial score (nSPS) is 4.29. The summed E-state index contributed by atoms with van der Waals surface area (Å²) in [6, 6.07) is 2.24. The zero-order valence-electron chi connectivity index (χ0n) is 8.95. The standard InChI is InChI=1S/C5H11Si.8Y/c1-4-6(3)5-2;;;;;;;;/h1-2,4-5H2,3H3;;;;;;;;/q-2;;;;;;;;. The first-order valence-electron chi connectivity index (χ1n) is 2.21. The van der Waals surface area contributed by atoms with Gasteiger partial charge in [-0.05, 0) is 8.80 Å². The quantitative estimate of drug-likeness (QED) is 0.295. The van der Waals surface area contributed by atoms with Gasteiger partial charge in [-0.2, -0.15) is 12.1 Å². The van der Waals surface area contributed by atoms with E-state index in [2.05, 4.69) is 20.4 Å². The van der Waals surface area contributed by atoms with Gasteiger partial charge in [-0.15, -0.1) is 0 Å². The maximum atomic E-state index is 3.76. The molecule has 14 heavy (non-hydrogen) atoms. The SMILES string of the molecule is [CH2-]C[Si](C)C[CH2-].[Y].[Y].[Y].[Y].[Y].[Y].[Y].[Y]. The van der Waals surface area contributed by atoms with E-state index < -0.39 is 0 Å². The maximum Gasteiger partial charge on any atom is 0 e. The topological polar surface area (TPSA) is 0 Å². The predicted octanol–water partition coefficient (Wildman–Crippen LogP) is 1.76. The van der Waals surface area contributed by atoms with Crippen molar-refractivity contribution in [1.29, 1.82) is 0 Å². The first-order valence-corrected chi connectivity index (χ1v) is 4.62. The average Bonchev–Trinajstić information content (AvgIpc) is 1.65. The molecule has 0 saturated heterocycles. The van der Waals surface area contributed by atoms with Gasteiger partial charge in [0.2, 0.25) is 0 Å². The van der Waals surface area contributed by atoms with Crippen molar-refractivity contribution >= 4 is 8.80 Å². The van der Waals surface area contributed by atoms with Crippen LogP contribution in [0.5, 0.6) is 0 Å². The molecule has 0 nitrogen and oxygen atoms in total. The molecule has 9 radical (unpaired) electrons. The Hall–Kier alpha value is 9.05. The van der Waals surface area contributed by atoms with E-state index in [9.17, 15) is 0 Å². The van der Waals surface area contributed by atoms with Crippen LogP contribution in [0, 0.1) is 13.8 Å². The van der Waals surface area contributed by atoms with Crippen molar-refractivity contribution in [2.24, 2.45) is 0 Å². The summed E-state index contributed by atoms with van der Waals surface area (Å²) in [5, 5.41) is 0. The fourth-order valence-electron chi connectivity index (χ4n) is 0.125. The molecule has 0 atom stereocenters. The molecule has 0 aliphatic rings. The van der Waals surface area contributed by atoms with Crippen LogP contribution >= 0.6 is 0 Å². The van der Waals surface area contributed by atoms with Gasteiger partial charge in [-0.3, -0.25) is 0 Å². The first-order chi connectivity index (χ1) is 2.81. The minimum atomic E-state index is -0.0905. The van der Waals surface area contributed by atoms with Gasteiger partial charge < -0.3 is 13.8 Å². The van der Waals surface area contributed by atoms with Crippen molar-refractivity contribution in [3.63, 3.8) is 0 Å².